The van der Waals surface area contributed by atoms with E-state index in [1.165, 1.54) is 0 Å². The van der Waals surface area contributed by atoms with Crippen molar-refractivity contribution in [2.24, 2.45) is 0 Å². The summed E-state index contributed by atoms with van der Waals surface area (Å²) >= 11 is 0. The van der Waals surface area contributed by atoms with Gasteiger partial charge in [-0.05, 0) is 43.8 Å². The molecule has 1 heterocycles. The molecule has 1 rings (SSSR count). The number of hydrogen-bond acceptors (Lipinski definition) is 14. The van der Waals surface area contributed by atoms with Crippen molar-refractivity contribution in [3.8, 4) is 0 Å². The Morgan fingerprint density at radius 3 is 1.45 bits per heavy atom. The van der Waals surface area contributed by atoms with Crippen LogP contribution < -0.4 is 0 Å². The molecule has 0 unspecified atom stereocenters. The summed E-state index contributed by atoms with van der Waals surface area (Å²) in [5.41, 5.74) is 0. The van der Waals surface area contributed by atoms with Crippen molar-refractivity contribution >= 4 is 35.8 Å². The number of hydrogen-bond donors (Lipinski definition) is 0. The van der Waals surface area contributed by atoms with E-state index in [2.05, 4.69) is 19.7 Å². The van der Waals surface area contributed by atoms with E-state index in [-0.39, 0.29) is 52.2 Å². The third kappa shape index (κ3) is 16.9. The Morgan fingerprint density at radius 1 is 0.619 bits per heavy atom. The van der Waals surface area contributed by atoms with E-state index in [4.69, 9.17) is 33.4 Å². The average Bonchev–Trinajstić information content (AvgIpc) is 2.97. The third-order valence-electron chi connectivity index (χ3n) is 5.45. The topological polar surface area (TPSA) is 170 Å². The Kier molecular flexibility index (Phi) is 18.6. The second kappa shape index (κ2) is 21.7. The lowest BCUT2D eigenvalue weighted by atomic mass is 10.2. The van der Waals surface area contributed by atoms with Crippen LogP contribution in [0.3, 0.4) is 0 Å². The molecule has 0 aromatic carbocycles. The van der Waals surface area contributed by atoms with Gasteiger partial charge in [-0.2, -0.15) is 0 Å². The molecule has 0 aliphatic carbocycles. The summed E-state index contributed by atoms with van der Waals surface area (Å²) in [5, 5.41) is 0.866. The molecule has 1 aliphatic rings. The SMILES string of the molecule is C=CC(=O)OCCCCC(=O)O[C@H]1CN(OC(=O)CCCCOC(=O)C=C)OC[C@H]1OC(=O)CCCCOC(=O)C=C. The van der Waals surface area contributed by atoms with Gasteiger partial charge in [-0.25, -0.2) is 14.4 Å². The summed E-state index contributed by atoms with van der Waals surface area (Å²) in [7, 11) is 0. The number of ether oxygens (including phenoxy) is 5. The maximum absolute atomic E-state index is 12.5. The van der Waals surface area contributed by atoms with Crippen molar-refractivity contribution < 1.29 is 62.1 Å². The quantitative estimate of drug-likeness (QED) is 0.0816. The van der Waals surface area contributed by atoms with E-state index >= 15 is 0 Å². The van der Waals surface area contributed by atoms with Crippen molar-refractivity contribution in [3.63, 3.8) is 0 Å². The molecule has 1 aliphatic heterocycles. The highest BCUT2D eigenvalue weighted by molar-refractivity contribution is 5.81. The van der Waals surface area contributed by atoms with Crippen LogP contribution in [0.4, 0.5) is 0 Å². The molecule has 14 nitrogen and oxygen atoms in total. The molecule has 0 spiro atoms. The lowest BCUT2D eigenvalue weighted by molar-refractivity contribution is -0.381. The second-order valence-corrected chi connectivity index (χ2v) is 8.82. The molecule has 0 saturated carbocycles. The van der Waals surface area contributed by atoms with Crippen molar-refractivity contribution in [1.29, 1.82) is 0 Å². The Bertz CT molecular complexity index is 948. The lowest BCUT2D eigenvalue weighted by Crippen LogP contribution is -2.52. The van der Waals surface area contributed by atoms with Crippen molar-refractivity contribution in [2.45, 2.75) is 70.0 Å². The average molecular weight is 598 g/mol. The Balaban J connectivity index is 2.58. The molecule has 0 aromatic rings. The highest BCUT2D eigenvalue weighted by Gasteiger charge is 2.37. The molecule has 14 heteroatoms. The van der Waals surface area contributed by atoms with Crippen LogP contribution in [-0.2, 0) is 62.1 Å². The van der Waals surface area contributed by atoms with Crippen LogP contribution in [-0.4, -0.2) is 86.2 Å². The summed E-state index contributed by atoms with van der Waals surface area (Å²) in [6, 6.07) is 0. The van der Waals surface area contributed by atoms with Gasteiger partial charge < -0.3 is 28.5 Å². The van der Waals surface area contributed by atoms with E-state index in [1.807, 2.05) is 0 Å². The van der Waals surface area contributed by atoms with Crippen LogP contribution in [0.25, 0.3) is 0 Å². The molecule has 42 heavy (non-hydrogen) atoms. The van der Waals surface area contributed by atoms with Gasteiger partial charge in [0.2, 0.25) is 0 Å². The number of esters is 5. The van der Waals surface area contributed by atoms with Crippen LogP contribution in [0.2, 0.25) is 0 Å². The summed E-state index contributed by atoms with van der Waals surface area (Å²) < 4.78 is 25.5. The number of nitrogens with zero attached hydrogens (tertiary/aromatic N) is 1. The van der Waals surface area contributed by atoms with Gasteiger partial charge in [0.1, 0.15) is 13.2 Å². The molecule has 2 atom stereocenters. The highest BCUT2D eigenvalue weighted by atomic mass is 17.0. The summed E-state index contributed by atoms with van der Waals surface area (Å²) in [4.78, 5) is 80.9. The van der Waals surface area contributed by atoms with Crippen LogP contribution in [0.15, 0.2) is 38.0 Å². The Morgan fingerprint density at radius 2 is 1.02 bits per heavy atom. The minimum atomic E-state index is -1.01. The van der Waals surface area contributed by atoms with Crippen LogP contribution in [0, 0.1) is 0 Å². The van der Waals surface area contributed by atoms with E-state index in [0.29, 0.717) is 38.5 Å². The smallest absolute Gasteiger partial charge is 0.330 e. The minimum absolute atomic E-state index is 0.00328. The van der Waals surface area contributed by atoms with Gasteiger partial charge in [-0.1, -0.05) is 19.7 Å². The first kappa shape index (κ1) is 36.0. The fourth-order valence-electron chi connectivity index (χ4n) is 3.29. The first-order chi connectivity index (χ1) is 20.2. The summed E-state index contributed by atoms with van der Waals surface area (Å²) in [6.07, 6.45) is 3.58. The van der Waals surface area contributed by atoms with Gasteiger partial charge in [0.15, 0.2) is 12.2 Å². The fraction of sp³-hybridized carbons (Fsp3) is 0.571. The first-order valence-electron chi connectivity index (χ1n) is 13.6. The van der Waals surface area contributed by atoms with E-state index < -0.39 is 48.0 Å². The van der Waals surface area contributed by atoms with Gasteiger partial charge in [0.25, 0.3) is 0 Å². The number of hydroxylamine groups is 2. The normalized spacial score (nSPS) is 16.3. The highest BCUT2D eigenvalue weighted by Crippen LogP contribution is 2.18. The number of unbranched alkanes of at least 4 members (excludes halogenated alkanes) is 3. The standard InChI is InChI=1S/C28H39NO13/c1-4-23(30)36-16-10-7-13-26(33)40-21-19-29(42-28(35)15-9-12-18-38-25(32)6-3)39-20-22(21)41-27(34)14-8-11-17-37-24(31)5-2/h4-6,21-22H,1-3,7-20H2/t21-,22+/m0/s1. The van der Waals surface area contributed by atoms with E-state index in [1.54, 1.807) is 0 Å². The predicted octanol–water partition coefficient (Wildman–Crippen LogP) is 2.21. The third-order valence-corrected chi connectivity index (χ3v) is 5.45. The second-order valence-electron chi connectivity index (χ2n) is 8.82. The molecule has 234 valence electrons. The Labute approximate surface area is 244 Å². The number of rotatable bonds is 21. The monoisotopic (exact) mass is 597 g/mol. The molecular formula is C28H39NO13. The first-order valence-corrected chi connectivity index (χ1v) is 13.6. The minimum Gasteiger partial charge on any atom is -0.463 e. The molecule has 0 bridgehead atoms. The zero-order valence-corrected chi connectivity index (χ0v) is 23.7. The zero-order valence-electron chi connectivity index (χ0n) is 23.7. The van der Waals surface area contributed by atoms with Crippen LogP contribution >= 0.6 is 0 Å². The van der Waals surface area contributed by atoms with Gasteiger partial charge in [-0.3, -0.25) is 19.2 Å². The molecule has 0 amide bonds. The molecule has 0 N–H and O–H groups in total. The molecule has 1 fully saturated rings. The Hall–Kier alpha value is -4.04. The number of carbonyl (C=O) groups excluding carboxylic acids is 6. The largest absolute Gasteiger partial charge is 0.463 e. The predicted molar refractivity (Wildman–Crippen MR) is 144 cm³/mol. The molecular weight excluding hydrogens is 558 g/mol. The zero-order chi connectivity index (χ0) is 31.2. The van der Waals surface area contributed by atoms with Gasteiger partial charge in [0.05, 0.1) is 19.8 Å². The van der Waals surface area contributed by atoms with Gasteiger partial charge in [0, 0.05) is 37.5 Å². The van der Waals surface area contributed by atoms with Crippen LogP contribution in [0.5, 0.6) is 0 Å². The molecule has 0 radical (unpaired) electrons. The van der Waals surface area contributed by atoms with E-state index in [9.17, 15) is 28.8 Å². The molecule has 0 aromatic heterocycles. The number of carbonyl (C=O) groups is 6. The van der Waals surface area contributed by atoms with Crippen LogP contribution in [0.1, 0.15) is 57.8 Å². The maximum atomic E-state index is 12.5. The lowest BCUT2D eigenvalue weighted by Gasteiger charge is -2.35. The van der Waals surface area contributed by atoms with E-state index in [0.717, 1.165) is 23.5 Å². The maximum Gasteiger partial charge on any atom is 0.330 e. The fourth-order valence-corrected chi connectivity index (χ4v) is 3.29. The summed E-state index contributed by atoms with van der Waals surface area (Å²) in [5.74, 6) is -3.47. The van der Waals surface area contributed by atoms with Gasteiger partial charge in [-0.15, -0.1) is 0 Å². The molecule has 1 saturated heterocycles. The van der Waals surface area contributed by atoms with Crippen molar-refractivity contribution in [3.05, 3.63) is 38.0 Å². The summed E-state index contributed by atoms with van der Waals surface area (Å²) in [6.45, 7) is 9.78. The van der Waals surface area contributed by atoms with Crippen molar-refractivity contribution in [1.82, 2.24) is 5.23 Å². The van der Waals surface area contributed by atoms with Crippen molar-refractivity contribution in [2.75, 3.05) is 33.0 Å². The van der Waals surface area contributed by atoms with Gasteiger partial charge >= 0.3 is 35.8 Å².